The Morgan fingerprint density at radius 2 is 1.63 bits per heavy atom. The highest BCUT2D eigenvalue weighted by Gasteiger charge is 2.25. The molecule has 1 N–H and O–H groups in total. The van der Waals surface area contributed by atoms with Gasteiger partial charge in [0.25, 0.3) is 0 Å². The lowest BCUT2D eigenvalue weighted by molar-refractivity contribution is -0.125. The van der Waals surface area contributed by atoms with E-state index in [2.05, 4.69) is 4.72 Å². The van der Waals surface area contributed by atoms with Crippen LogP contribution in [0.4, 0.5) is 11.4 Å². The zero-order valence-corrected chi connectivity index (χ0v) is 12.7. The van der Waals surface area contributed by atoms with Crippen LogP contribution in [0.5, 0.6) is 0 Å². The van der Waals surface area contributed by atoms with Crippen molar-refractivity contribution in [2.45, 2.75) is 20.8 Å². The lowest BCUT2D eigenvalue weighted by Crippen LogP contribution is -2.36. The van der Waals surface area contributed by atoms with Gasteiger partial charge in [-0.3, -0.25) is 9.52 Å². The Labute approximate surface area is 114 Å². The van der Waals surface area contributed by atoms with Crippen LogP contribution in [0.15, 0.2) is 24.3 Å². The van der Waals surface area contributed by atoms with E-state index in [0.29, 0.717) is 5.69 Å². The van der Waals surface area contributed by atoms with Crippen molar-refractivity contribution in [2.24, 2.45) is 5.41 Å². The van der Waals surface area contributed by atoms with E-state index < -0.39 is 15.4 Å². The molecule has 6 heteroatoms. The predicted octanol–water partition coefficient (Wildman–Crippen LogP) is 2.07. The van der Waals surface area contributed by atoms with Gasteiger partial charge < -0.3 is 4.90 Å². The third-order valence-electron chi connectivity index (χ3n) is 2.50. The Balaban J connectivity index is 2.91. The van der Waals surface area contributed by atoms with Crippen LogP contribution in [0, 0.1) is 5.41 Å². The third kappa shape index (κ3) is 4.55. The van der Waals surface area contributed by atoms with Crippen molar-refractivity contribution in [3.05, 3.63) is 24.3 Å². The molecule has 0 spiro atoms. The molecule has 0 heterocycles. The van der Waals surface area contributed by atoms with Gasteiger partial charge in [0.2, 0.25) is 15.9 Å². The predicted molar refractivity (Wildman–Crippen MR) is 77.8 cm³/mol. The second kappa shape index (κ2) is 5.21. The fraction of sp³-hybridized carbons (Fsp3) is 0.462. The molecule has 0 bridgehead atoms. The van der Waals surface area contributed by atoms with Gasteiger partial charge >= 0.3 is 0 Å². The number of anilines is 2. The average Bonchev–Trinajstić information content (AvgIpc) is 2.24. The zero-order chi connectivity index (χ0) is 14.8. The van der Waals surface area contributed by atoms with Gasteiger partial charge in [-0.15, -0.1) is 0 Å². The third-order valence-corrected chi connectivity index (χ3v) is 3.11. The van der Waals surface area contributed by atoms with Crippen LogP contribution < -0.4 is 9.62 Å². The van der Waals surface area contributed by atoms with Gasteiger partial charge in [-0.1, -0.05) is 20.8 Å². The standard InChI is InChI=1S/C13H20N2O3S/c1-13(2,3)12(16)15(4)11-8-6-10(7-9-11)14-19(5,17)18/h6-9,14H,1-5H3. The van der Waals surface area contributed by atoms with E-state index in [9.17, 15) is 13.2 Å². The van der Waals surface area contributed by atoms with Crippen LogP contribution in [0.3, 0.4) is 0 Å². The Morgan fingerprint density at radius 3 is 2.00 bits per heavy atom. The second-order valence-electron chi connectivity index (χ2n) is 5.54. The Morgan fingerprint density at radius 1 is 1.16 bits per heavy atom. The number of rotatable bonds is 3. The van der Waals surface area contributed by atoms with Crippen molar-refractivity contribution in [3.63, 3.8) is 0 Å². The van der Waals surface area contributed by atoms with E-state index in [1.165, 1.54) is 0 Å². The van der Waals surface area contributed by atoms with E-state index in [1.54, 1.807) is 36.2 Å². The quantitative estimate of drug-likeness (QED) is 0.924. The summed E-state index contributed by atoms with van der Waals surface area (Å²) in [5.41, 5.74) is 0.736. The molecule has 1 rings (SSSR count). The molecule has 0 aliphatic rings. The van der Waals surface area contributed by atoms with Gasteiger partial charge in [0.05, 0.1) is 6.26 Å². The van der Waals surface area contributed by atoms with Crippen LogP contribution in [0.25, 0.3) is 0 Å². The minimum absolute atomic E-state index is 0.00341. The number of hydrogen-bond donors (Lipinski definition) is 1. The summed E-state index contributed by atoms with van der Waals surface area (Å²) in [7, 11) is -1.58. The zero-order valence-electron chi connectivity index (χ0n) is 11.9. The van der Waals surface area contributed by atoms with Crippen molar-refractivity contribution in [3.8, 4) is 0 Å². The van der Waals surface area contributed by atoms with E-state index >= 15 is 0 Å². The lowest BCUT2D eigenvalue weighted by Gasteiger charge is -2.26. The van der Waals surface area contributed by atoms with Crippen LogP contribution >= 0.6 is 0 Å². The first kappa shape index (κ1) is 15.5. The van der Waals surface area contributed by atoms with E-state index in [-0.39, 0.29) is 5.91 Å². The molecule has 1 aromatic carbocycles. The van der Waals surface area contributed by atoms with Gasteiger partial charge in [-0.05, 0) is 24.3 Å². The van der Waals surface area contributed by atoms with Gasteiger partial charge in [0, 0.05) is 23.8 Å². The monoisotopic (exact) mass is 284 g/mol. The van der Waals surface area contributed by atoms with Crippen LogP contribution in [0.2, 0.25) is 0 Å². The molecule has 19 heavy (non-hydrogen) atoms. The summed E-state index contributed by atoms with van der Waals surface area (Å²) in [5, 5.41) is 0. The first-order valence-corrected chi connectivity index (χ1v) is 7.76. The summed E-state index contributed by atoms with van der Waals surface area (Å²) >= 11 is 0. The molecule has 106 valence electrons. The molecular weight excluding hydrogens is 264 g/mol. The number of nitrogens with zero attached hydrogens (tertiary/aromatic N) is 1. The highest BCUT2D eigenvalue weighted by Crippen LogP contribution is 2.23. The molecule has 0 fully saturated rings. The van der Waals surface area contributed by atoms with Crippen molar-refractivity contribution in [1.82, 2.24) is 0 Å². The summed E-state index contributed by atoms with van der Waals surface area (Å²) < 4.78 is 24.5. The molecule has 1 amide bonds. The molecule has 5 nitrogen and oxygen atoms in total. The van der Waals surface area contributed by atoms with Crippen molar-refractivity contribution in [2.75, 3.05) is 22.9 Å². The maximum atomic E-state index is 12.1. The maximum absolute atomic E-state index is 12.1. The fourth-order valence-corrected chi connectivity index (χ4v) is 2.15. The molecule has 0 aromatic heterocycles. The highest BCUT2D eigenvalue weighted by molar-refractivity contribution is 7.92. The van der Waals surface area contributed by atoms with Crippen molar-refractivity contribution in [1.29, 1.82) is 0 Å². The molecule has 1 aromatic rings. The van der Waals surface area contributed by atoms with Crippen molar-refractivity contribution < 1.29 is 13.2 Å². The summed E-state index contributed by atoms with van der Waals surface area (Å²) in [6, 6.07) is 6.67. The average molecular weight is 284 g/mol. The second-order valence-corrected chi connectivity index (χ2v) is 7.28. The first-order chi connectivity index (χ1) is 8.50. The number of sulfonamides is 1. The molecule has 0 aliphatic heterocycles. The summed E-state index contributed by atoms with van der Waals surface area (Å²) in [6.07, 6.45) is 1.09. The molecule has 0 saturated heterocycles. The van der Waals surface area contributed by atoms with Crippen LogP contribution in [0.1, 0.15) is 20.8 Å². The van der Waals surface area contributed by atoms with Gasteiger partial charge in [-0.2, -0.15) is 0 Å². The number of nitrogens with one attached hydrogen (secondary N) is 1. The highest BCUT2D eigenvalue weighted by atomic mass is 32.2. The molecule has 0 radical (unpaired) electrons. The van der Waals surface area contributed by atoms with Gasteiger partial charge in [-0.25, -0.2) is 8.42 Å². The largest absolute Gasteiger partial charge is 0.315 e. The smallest absolute Gasteiger partial charge is 0.232 e. The van der Waals surface area contributed by atoms with E-state index in [4.69, 9.17) is 0 Å². The molecular formula is C13H20N2O3S. The number of carbonyl (C=O) groups is 1. The number of hydrogen-bond acceptors (Lipinski definition) is 3. The van der Waals surface area contributed by atoms with E-state index in [0.717, 1.165) is 11.9 Å². The molecule has 0 aliphatic carbocycles. The normalized spacial score (nSPS) is 12.1. The topological polar surface area (TPSA) is 66.5 Å². The minimum atomic E-state index is -3.28. The molecule has 0 unspecified atom stereocenters. The molecule has 0 atom stereocenters. The Hall–Kier alpha value is -1.56. The molecule has 0 saturated carbocycles. The number of carbonyl (C=O) groups excluding carboxylic acids is 1. The maximum Gasteiger partial charge on any atom is 0.232 e. The van der Waals surface area contributed by atoms with Gasteiger partial charge in [0.15, 0.2) is 0 Å². The van der Waals surface area contributed by atoms with Crippen molar-refractivity contribution >= 4 is 27.3 Å². The summed E-state index contributed by atoms with van der Waals surface area (Å²) in [6.45, 7) is 5.56. The number of benzene rings is 1. The SMILES string of the molecule is CN(C(=O)C(C)(C)C)c1ccc(NS(C)(=O)=O)cc1. The minimum Gasteiger partial charge on any atom is -0.315 e. The van der Waals surface area contributed by atoms with Crippen LogP contribution in [-0.4, -0.2) is 27.6 Å². The lowest BCUT2D eigenvalue weighted by atomic mass is 9.95. The summed E-state index contributed by atoms with van der Waals surface area (Å²) in [5.74, 6) is -0.00341. The first-order valence-electron chi connectivity index (χ1n) is 5.87. The Bertz CT molecular complexity index is 557. The van der Waals surface area contributed by atoms with Gasteiger partial charge in [0.1, 0.15) is 0 Å². The Kier molecular flexibility index (Phi) is 4.25. The van der Waals surface area contributed by atoms with E-state index in [1.807, 2.05) is 20.8 Å². The van der Waals surface area contributed by atoms with Crippen LogP contribution in [-0.2, 0) is 14.8 Å². The summed E-state index contributed by atoms with van der Waals surface area (Å²) in [4.78, 5) is 13.7. The number of amides is 1. The fourth-order valence-electron chi connectivity index (χ4n) is 1.59.